The van der Waals surface area contributed by atoms with Gasteiger partial charge in [0.2, 0.25) is 0 Å². The van der Waals surface area contributed by atoms with Gasteiger partial charge in [-0.1, -0.05) is 24.3 Å². The Balaban J connectivity index is 0.00000225. The highest BCUT2D eigenvalue weighted by atomic mass is 35.5. The molecule has 0 amide bonds. The minimum absolute atomic E-state index is 0. The highest BCUT2D eigenvalue weighted by Gasteiger charge is 2.05. The van der Waals surface area contributed by atoms with E-state index in [-0.39, 0.29) is 18.2 Å². The monoisotopic (exact) mass is 357 g/mol. The van der Waals surface area contributed by atoms with Crippen LogP contribution in [0.4, 0.5) is 8.78 Å². The second kappa shape index (κ2) is 8.31. The average molecular weight is 358 g/mol. The van der Waals surface area contributed by atoms with Crippen molar-refractivity contribution in [2.45, 2.75) is 0 Å². The van der Waals surface area contributed by atoms with Crippen molar-refractivity contribution in [1.29, 1.82) is 0 Å². The first-order valence-corrected chi connectivity index (χ1v) is 7.31. The largest absolute Gasteiger partial charge is 0.289 e. The predicted octanol–water partition coefficient (Wildman–Crippen LogP) is 5.34. The molecule has 0 aliphatic rings. The number of hydrogen-bond acceptors (Lipinski definition) is 2. The summed E-state index contributed by atoms with van der Waals surface area (Å²) in [5, 5.41) is 0. The molecule has 126 valence electrons. The van der Waals surface area contributed by atoms with Crippen LogP contribution in [0.1, 0.15) is 15.9 Å². The maximum atomic E-state index is 13.2. The highest BCUT2D eigenvalue weighted by molar-refractivity contribution is 6.07. The van der Waals surface area contributed by atoms with Crippen LogP contribution in [0, 0.1) is 11.6 Å². The van der Waals surface area contributed by atoms with E-state index in [1.54, 1.807) is 30.6 Å². The van der Waals surface area contributed by atoms with Crippen molar-refractivity contribution < 1.29 is 13.6 Å². The van der Waals surface area contributed by atoms with E-state index in [0.717, 1.165) is 17.2 Å². The van der Waals surface area contributed by atoms with E-state index in [0.29, 0.717) is 11.1 Å². The molecular formula is C20H14ClF2NO. The van der Waals surface area contributed by atoms with Crippen LogP contribution in [0.25, 0.3) is 17.2 Å². The highest BCUT2D eigenvalue weighted by Crippen LogP contribution is 2.20. The molecule has 0 saturated carbocycles. The molecule has 1 heterocycles. The van der Waals surface area contributed by atoms with Gasteiger partial charge in [-0.25, -0.2) is 8.78 Å². The molecule has 0 radical (unpaired) electrons. The van der Waals surface area contributed by atoms with Gasteiger partial charge >= 0.3 is 0 Å². The summed E-state index contributed by atoms with van der Waals surface area (Å²) in [5.74, 6) is -1.60. The fourth-order valence-corrected chi connectivity index (χ4v) is 2.34. The zero-order valence-electron chi connectivity index (χ0n) is 13.0. The molecule has 0 aliphatic carbocycles. The molecular weight excluding hydrogens is 344 g/mol. The normalized spacial score (nSPS) is 10.5. The SMILES string of the molecule is Cl.O=C(/C=C/c1cc(F)cc(F)c1)c1cccc(-c2ccncc2)c1. The molecule has 0 aliphatic heterocycles. The number of hydrogen-bond donors (Lipinski definition) is 0. The molecule has 5 heteroatoms. The lowest BCUT2D eigenvalue weighted by molar-refractivity contribution is 0.104. The summed E-state index contributed by atoms with van der Waals surface area (Å²) in [6.07, 6.45) is 6.07. The Morgan fingerprint density at radius 2 is 1.56 bits per heavy atom. The molecule has 0 saturated heterocycles. The molecule has 25 heavy (non-hydrogen) atoms. The number of rotatable bonds is 4. The van der Waals surface area contributed by atoms with Crippen LogP contribution >= 0.6 is 12.4 Å². The Bertz CT molecular complexity index is 890. The Hall–Kier alpha value is -2.85. The number of halogens is 3. The van der Waals surface area contributed by atoms with Crippen molar-refractivity contribution in [3.8, 4) is 11.1 Å². The lowest BCUT2D eigenvalue weighted by atomic mass is 10.0. The average Bonchev–Trinajstić information content (AvgIpc) is 2.60. The third-order valence-electron chi connectivity index (χ3n) is 3.47. The van der Waals surface area contributed by atoms with E-state index in [2.05, 4.69) is 4.98 Å². The van der Waals surface area contributed by atoms with Gasteiger partial charge in [-0.2, -0.15) is 0 Å². The van der Waals surface area contributed by atoms with E-state index >= 15 is 0 Å². The molecule has 2 nitrogen and oxygen atoms in total. The third-order valence-corrected chi connectivity index (χ3v) is 3.47. The first kappa shape index (κ1) is 18.5. The van der Waals surface area contributed by atoms with Crippen LogP contribution in [-0.2, 0) is 0 Å². The maximum absolute atomic E-state index is 13.2. The fourth-order valence-electron chi connectivity index (χ4n) is 2.34. The number of carbonyl (C=O) groups excluding carboxylic acids is 1. The van der Waals surface area contributed by atoms with Gasteiger partial charge < -0.3 is 0 Å². The van der Waals surface area contributed by atoms with Crippen molar-refractivity contribution in [1.82, 2.24) is 4.98 Å². The van der Waals surface area contributed by atoms with Gasteiger partial charge in [0.05, 0.1) is 0 Å². The summed E-state index contributed by atoms with van der Waals surface area (Å²) >= 11 is 0. The molecule has 0 unspecified atom stereocenters. The Kier molecular flexibility index (Phi) is 6.14. The van der Waals surface area contributed by atoms with E-state index in [1.807, 2.05) is 18.2 Å². The van der Waals surface area contributed by atoms with Crippen LogP contribution in [0.3, 0.4) is 0 Å². The van der Waals surface area contributed by atoms with Crippen LogP contribution in [-0.4, -0.2) is 10.8 Å². The maximum Gasteiger partial charge on any atom is 0.185 e. The second-order valence-electron chi connectivity index (χ2n) is 5.22. The molecule has 3 rings (SSSR count). The summed E-state index contributed by atoms with van der Waals surface area (Å²) < 4.78 is 26.3. The molecule has 0 spiro atoms. The van der Waals surface area contributed by atoms with Gasteiger partial charge in [-0.15, -0.1) is 12.4 Å². The molecule has 0 fully saturated rings. The quantitative estimate of drug-likeness (QED) is 0.465. The van der Waals surface area contributed by atoms with Gasteiger partial charge in [-0.05, 0) is 53.1 Å². The van der Waals surface area contributed by atoms with E-state index in [1.165, 1.54) is 24.3 Å². The second-order valence-corrected chi connectivity index (χ2v) is 5.22. The summed E-state index contributed by atoms with van der Waals surface area (Å²) in [7, 11) is 0. The fraction of sp³-hybridized carbons (Fsp3) is 0. The van der Waals surface area contributed by atoms with Crippen LogP contribution in [0.2, 0.25) is 0 Å². The molecule has 0 N–H and O–H groups in total. The van der Waals surface area contributed by atoms with Crippen molar-refractivity contribution in [3.63, 3.8) is 0 Å². The summed E-state index contributed by atoms with van der Waals surface area (Å²) in [6.45, 7) is 0. The smallest absolute Gasteiger partial charge is 0.185 e. The Morgan fingerprint density at radius 1 is 0.880 bits per heavy atom. The van der Waals surface area contributed by atoms with Crippen molar-refractivity contribution in [3.05, 3.63) is 95.8 Å². The lowest BCUT2D eigenvalue weighted by Crippen LogP contribution is -1.94. The first-order valence-electron chi connectivity index (χ1n) is 7.31. The molecule has 2 aromatic carbocycles. The minimum atomic E-state index is -0.679. The van der Waals surface area contributed by atoms with E-state index < -0.39 is 11.6 Å². The zero-order chi connectivity index (χ0) is 16.9. The predicted molar refractivity (Wildman–Crippen MR) is 96.6 cm³/mol. The summed E-state index contributed by atoms with van der Waals surface area (Å²) in [6, 6.07) is 14.0. The minimum Gasteiger partial charge on any atom is -0.289 e. The zero-order valence-corrected chi connectivity index (χ0v) is 13.8. The van der Waals surface area contributed by atoms with E-state index in [9.17, 15) is 13.6 Å². The lowest BCUT2D eigenvalue weighted by Gasteiger charge is -2.03. The number of allylic oxidation sites excluding steroid dienone is 1. The van der Waals surface area contributed by atoms with Gasteiger partial charge in [0.25, 0.3) is 0 Å². The van der Waals surface area contributed by atoms with Gasteiger partial charge in [0, 0.05) is 24.0 Å². The van der Waals surface area contributed by atoms with Gasteiger partial charge in [-0.3, -0.25) is 9.78 Å². The molecule has 1 aromatic heterocycles. The number of nitrogens with zero attached hydrogens (tertiary/aromatic N) is 1. The third kappa shape index (κ3) is 4.81. The Labute approximate surface area is 150 Å². The first-order chi connectivity index (χ1) is 11.6. The number of ketones is 1. The number of benzene rings is 2. The van der Waals surface area contributed by atoms with Gasteiger partial charge in [0.1, 0.15) is 11.6 Å². The molecule has 3 aromatic rings. The standard InChI is InChI=1S/C20H13F2NO.ClH/c21-18-10-14(11-19(22)13-18)4-5-20(24)17-3-1-2-16(12-17)15-6-8-23-9-7-15;/h1-13H;1H/b5-4+;. The van der Waals surface area contributed by atoms with Crippen molar-refractivity contribution >= 4 is 24.3 Å². The van der Waals surface area contributed by atoms with Crippen LogP contribution in [0.5, 0.6) is 0 Å². The van der Waals surface area contributed by atoms with E-state index in [4.69, 9.17) is 0 Å². The Morgan fingerprint density at radius 3 is 2.24 bits per heavy atom. The topological polar surface area (TPSA) is 30.0 Å². The number of aromatic nitrogens is 1. The van der Waals surface area contributed by atoms with Crippen molar-refractivity contribution in [2.24, 2.45) is 0 Å². The number of pyridine rings is 1. The molecule has 0 bridgehead atoms. The summed E-state index contributed by atoms with van der Waals surface area (Å²) in [4.78, 5) is 16.3. The summed E-state index contributed by atoms with van der Waals surface area (Å²) in [5.41, 5.74) is 2.65. The van der Waals surface area contributed by atoms with Gasteiger partial charge in [0.15, 0.2) is 5.78 Å². The number of carbonyl (C=O) groups is 1. The van der Waals surface area contributed by atoms with Crippen LogP contribution < -0.4 is 0 Å². The van der Waals surface area contributed by atoms with Crippen molar-refractivity contribution in [2.75, 3.05) is 0 Å². The molecule has 0 atom stereocenters. The van der Waals surface area contributed by atoms with Crippen LogP contribution in [0.15, 0.2) is 73.1 Å².